The number of imidazole rings is 1. The number of hydrogen-bond acceptors (Lipinski definition) is 2. The summed E-state index contributed by atoms with van der Waals surface area (Å²) in [5, 5.41) is 0. The topological polar surface area (TPSA) is 37.8 Å². The van der Waals surface area contributed by atoms with Gasteiger partial charge >= 0.3 is 5.69 Å². The van der Waals surface area contributed by atoms with Crippen LogP contribution in [0.4, 0.5) is 0 Å². The second-order valence-corrected chi connectivity index (χ2v) is 6.71. The molecule has 0 aliphatic heterocycles. The third-order valence-corrected chi connectivity index (χ3v) is 5.05. The summed E-state index contributed by atoms with van der Waals surface area (Å²) in [5.74, 6) is 1.01. The largest absolute Gasteiger partial charge is 0.326 e. The van der Waals surface area contributed by atoms with Gasteiger partial charge in [-0.3, -0.25) is 4.57 Å². The van der Waals surface area contributed by atoms with Crippen LogP contribution in [0.25, 0.3) is 11.0 Å². The Kier molecular flexibility index (Phi) is 4.39. The lowest BCUT2D eigenvalue weighted by molar-refractivity contribution is 0.679. The minimum Gasteiger partial charge on any atom is -0.306 e. The molecule has 3 aromatic rings. The number of benzene rings is 2. The van der Waals surface area contributed by atoms with E-state index in [0.717, 1.165) is 29.8 Å². The zero-order chi connectivity index (χ0) is 15.5. The van der Waals surface area contributed by atoms with Crippen LogP contribution in [-0.4, -0.2) is 15.3 Å². The summed E-state index contributed by atoms with van der Waals surface area (Å²) in [5.41, 5.74) is 4.50. The highest BCUT2D eigenvalue weighted by Gasteiger charge is 2.06. The molecule has 3 nitrogen and oxygen atoms in total. The molecule has 1 N–H and O–H groups in total. The van der Waals surface area contributed by atoms with Gasteiger partial charge in [-0.05, 0) is 49.8 Å². The molecule has 0 fully saturated rings. The fourth-order valence-electron chi connectivity index (χ4n) is 2.60. The highest BCUT2D eigenvalue weighted by Crippen LogP contribution is 2.24. The normalized spacial score (nSPS) is 11.2. The quantitative estimate of drug-likeness (QED) is 0.568. The molecule has 0 saturated carbocycles. The van der Waals surface area contributed by atoms with Crippen LogP contribution in [0.3, 0.4) is 0 Å². The second-order valence-electron chi connectivity index (χ2n) is 5.57. The Bertz CT molecular complexity index is 848. The van der Waals surface area contributed by atoms with Crippen molar-refractivity contribution in [2.75, 3.05) is 5.75 Å². The van der Waals surface area contributed by atoms with Gasteiger partial charge in [0.25, 0.3) is 0 Å². The third-order valence-electron chi connectivity index (χ3n) is 3.81. The maximum Gasteiger partial charge on any atom is 0.326 e. The molecular formula is C18H20N2OS. The van der Waals surface area contributed by atoms with Gasteiger partial charge < -0.3 is 4.98 Å². The molecule has 0 atom stereocenters. The second kappa shape index (κ2) is 6.44. The van der Waals surface area contributed by atoms with Crippen LogP contribution < -0.4 is 5.69 Å². The van der Waals surface area contributed by atoms with Gasteiger partial charge in [-0.15, -0.1) is 11.8 Å². The Balaban J connectivity index is 1.64. The molecule has 4 heteroatoms. The number of aryl methyl sites for hydroxylation is 3. The number of hydrogen-bond donors (Lipinski definition) is 1. The van der Waals surface area contributed by atoms with Gasteiger partial charge in [0, 0.05) is 11.4 Å². The number of para-hydroxylation sites is 2. The highest BCUT2D eigenvalue weighted by atomic mass is 32.2. The van der Waals surface area contributed by atoms with Crippen molar-refractivity contribution in [1.29, 1.82) is 0 Å². The minimum atomic E-state index is -0.0158. The molecule has 0 saturated heterocycles. The van der Waals surface area contributed by atoms with Crippen LogP contribution in [0, 0.1) is 13.8 Å². The van der Waals surface area contributed by atoms with Gasteiger partial charge in [0.1, 0.15) is 0 Å². The van der Waals surface area contributed by atoms with Crippen molar-refractivity contribution in [3.8, 4) is 0 Å². The Morgan fingerprint density at radius 3 is 2.82 bits per heavy atom. The van der Waals surface area contributed by atoms with Crippen LogP contribution in [0.2, 0.25) is 0 Å². The summed E-state index contributed by atoms with van der Waals surface area (Å²) in [6.45, 7) is 5.02. The summed E-state index contributed by atoms with van der Waals surface area (Å²) in [7, 11) is 0. The number of thioether (sulfide) groups is 1. The lowest BCUT2D eigenvalue weighted by atomic mass is 10.2. The summed E-state index contributed by atoms with van der Waals surface area (Å²) in [6.07, 6.45) is 0.972. The molecule has 1 aromatic heterocycles. The summed E-state index contributed by atoms with van der Waals surface area (Å²) in [6, 6.07) is 14.4. The average Bonchev–Trinajstić information content (AvgIpc) is 2.83. The Labute approximate surface area is 134 Å². The number of rotatable bonds is 5. The summed E-state index contributed by atoms with van der Waals surface area (Å²) < 4.78 is 1.83. The molecule has 1 heterocycles. The number of nitrogens with zero attached hydrogens (tertiary/aromatic N) is 1. The van der Waals surface area contributed by atoms with E-state index in [1.165, 1.54) is 16.0 Å². The van der Waals surface area contributed by atoms with E-state index in [9.17, 15) is 4.79 Å². The van der Waals surface area contributed by atoms with Gasteiger partial charge in [0.05, 0.1) is 11.0 Å². The first-order valence-corrected chi connectivity index (χ1v) is 8.51. The standard InChI is InChI=1S/C18H20N2OS/c1-13-8-9-14(2)17(12-13)22-11-5-10-20-16-7-4-3-6-15(16)19-18(20)21/h3-4,6-9,12H,5,10-11H2,1-2H3,(H,19,21). The Morgan fingerprint density at radius 1 is 1.14 bits per heavy atom. The molecule has 0 aliphatic rings. The van der Waals surface area contributed by atoms with Gasteiger partial charge in [-0.25, -0.2) is 4.79 Å². The number of fused-ring (bicyclic) bond motifs is 1. The van der Waals surface area contributed by atoms with Crippen LogP contribution in [0.15, 0.2) is 52.2 Å². The van der Waals surface area contributed by atoms with E-state index in [1.807, 2.05) is 40.6 Å². The molecule has 2 aromatic carbocycles. The predicted molar refractivity (Wildman–Crippen MR) is 93.8 cm³/mol. The molecule has 22 heavy (non-hydrogen) atoms. The van der Waals surface area contributed by atoms with Crippen LogP contribution in [-0.2, 0) is 6.54 Å². The van der Waals surface area contributed by atoms with Gasteiger partial charge in [0.2, 0.25) is 0 Å². The number of aromatic nitrogens is 2. The Hall–Kier alpha value is -1.94. The van der Waals surface area contributed by atoms with Gasteiger partial charge in [-0.2, -0.15) is 0 Å². The average molecular weight is 312 g/mol. The van der Waals surface area contributed by atoms with Crippen molar-refractivity contribution >= 4 is 22.8 Å². The summed E-state index contributed by atoms with van der Waals surface area (Å²) in [4.78, 5) is 16.2. The molecule has 0 spiro atoms. The van der Waals surface area contributed by atoms with Crippen molar-refractivity contribution in [2.24, 2.45) is 0 Å². The summed E-state index contributed by atoms with van der Waals surface area (Å²) >= 11 is 1.87. The minimum absolute atomic E-state index is 0.0158. The lowest BCUT2D eigenvalue weighted by Crippen LogP contribution is -2.17. The van der Waals surface area contributed by atoms with Crippen molar-refractivity contribution in [3.05, 3.63) is 64.1 Å². The fourth-order valence-corrected chi connectivity index (χ4v) is 3.65. The zero-order valence-corrected chi connectivity index (χ0v) is 13.7. The number of H-pyrrole nitrogens is 1. The molecule has 0 unspecified atom stereocenters. The van der Waals surface area contributed by atoms with Gasteiger partial charge in [-0.1, -0.05) is 29.8 Å². The van der Waals surface area contributed by atoms with E-state index < -0.39 is 0 Å². The van der Waals surface area contributed by atoms with Crippen molar-refractivity contribution in [2.45, 2.75) is 31.7 Å². The third kappa shape index (κ3) is 3.12. The van der Waals surface area contributed by atoms with E-state index in [1.54, 1.807) is 0 Å². The Morgan fingerprint density at radius 2 is 1.95 bits per heavy atom. The van der Waals surface area contributed by atoms with E-state index >= 15 is 0 Å². The monoisotopic (exact) mass is 312 g/mol. The van der Waals surface area contributed by atoms with E-state index in [0.29, 0.717) is 0 Å². The lowest BCUT2D eigenvalue weighted by Gasteiger charge is -2.07. The van der Waals surface area contributed by atoms with Crippen LogP contribution in [0.5, 0.6) is 0 Å². The maximum atomic E-state index is 12.0. The van der Waals surface area contributed by atoms with E-state index in [2.05, 4.69) is 37.0 Å². The van der Waals surface area contributed by atoms with Crippen molar-refractivity contribution < 1.29 is 0 Å². The molecule has 114 valence electrons. The van der Waals surface area contributed by atoms with Crippen molar-refractivity contribution in [1.82, 2.24) is 9.55 Å². The highest BCUT2D eigenvalue weighted by molar-refractivity contribution is 7.99. The smallest absolute Gasteiger partial charge is 0.306 e. The zero-order valence-electron chi connectivity index (χ0n) is 12.9. The van der Waals surface area contributed by atoms with Crippen LogP contribution in [0.1, 0.15) is 17.5 Å². The van der Waals surface area contributed by atoms with E-state index in [4.69, 9.17) is 0 Å². The molecule has 0 bridgehead atoms. The van der Waals surface area contributed by atoms with Gasteiger partial charge in [0.15, 0.2) is 0 Å². The molecule has 0 aliphatic carbocycles. The fraction of sp³-hybridized carbons (Fsp3) is 0.278. The molecular weight excluding hydrogens is 292 g/mol. The van der Waals surface area contributed by atoms with Crippen molar-refractivity contribution in [3.63, 3.8) is 0 Å². The predicted octanol–water partition coefficient (Wildman–Crippen LogP) is 4.13. The first-order chi connectivity index (χ1) is 10.6. The first-order valence-electron chi connectivity index (χ1n) is 7.53. The first kappa shape index (κ1) is 15.0. The number of nitrogens with one attached hydrogen (secondary N) is 1. The molecule has 0 amide bonds. The van der Waals surface area contributed by atoms with E-state index in [-0.39, 0.29) is 5.69 Å². The van der Waals surface area contributed by atoms with Crippen LogP contribution >= 0.6 is 11.8 Å². The number of aromatic amines is 1. The maximum absolute atomic E-state index is 12.0. The SMILES string of the molecule is Cc1ccc(C)c(SCCCn2c(=O)[nH]c3ccccc32)c1. The molecule has 3 rings (SSSR count). The molecule has 0 radical (unpaired) electrons.